The number of aldehydes is 1. The second kappa shape index (κ2) is 24.7. The zero-order valence-electron chi connectivity index (χ0n) is 38.6. The third kappa shape index (κ3) is 15.5. The molecule has 2 N–H and O–H groups in total. The summed E-state index contributed by atoms with van der Waals surface area (Å²) < 4.78 is 55.5. The minimum Gasteiger partial charge on any atom is -0.462 e. The van der Waals surface area contributed by atoms with Gasteiger partial charge in [0.25, 0.3) is 0 Å². The summed E-state index contributed by atoms with van der Waals surface area (Å²) in [4.78, 5) is 66.1. The first-order valence-corrected chi connectivity index (χ1v) is 21.9. The number of cyclic esters (lactones) is 1. The molecule has 354 valence electrons. The van der Waals surface area contributed by atoms with Crippen molar-refractivity contribution in [3.63, 3.8) is 0 Å². The molecule has 2 fully saturated rings. The van der Waals surface area contributed by atoms with Crippen molar-refractivity contribution in [3.05, 3.63) is 24.3 Å². The first-order valence-electron chi connectivity index (χ1n) is 21.9. The Labute approximate surface area is 367 Å². The van der Waals surface area contributed by atoms with Gasteiger partial charge in [0.05, 0.1) is 36.9 Å². The van der Waals surface area contributed by atoms with Gasteiger partial charge < -0.3 is 62.5 Å². The Morgan fingerprint density at radius 3 is 2.24 bits per heavy atom. The van der Waals surface area contributed by atoms with Gasteiger partial charge in [-0.25, -0.2) is 0 Å². The molecule has 2 saturated heterocycles. The second-order valence-electron chi connectivity index (χ2n) is 17.8. The largest absolute Gasteiger partial charge is 0.462 e. The molecule has 0 amide bonds. The van der Waals surface area contributed by atoms with Gasteiger partial charge in [0.1, 0.15) is 36.3 Å². The van der Waals surface area contributed by atoms with Gasteiger partial charge in [0.2, 0.25) is 0 Å². The number of likely N-dealkylation sites (N-methyl/N-ethyl adjacent to an activating group) is 1. The number of carbonyl (C=O) groups excluding carboxylic acids is 5. The number of ether oxygens (including phenoxy) is 9. The van der Waals surface area contributed by atoms with Crippen molar-refractivity contribution in [3.8, 4) is 0 Å². The highest BCUT2D eigenvalue weighted by Gasteiger charge is 2.54. The van der Waals surface area contributed by atoms with Crippen molar-refractivity contribution in [2.45, 2.75) is 193 Å². The number of carbonyl (C=O) groups is 5. The molecule has 16 atom stereocenters. The van der Waals surface area contributed by atoms with E-state index in [1.807, 2.05) is 20.8 Å². The van der Waals surface area contributed by atoms with E-state index < -0.39 is 127 Å². The van der Waals surface area contributed by atoms with Gasteiger partial charge in [-0.05, 0) is 66.0 Å². The van der Waals surface area contributed by atoms with Crippen LogP contribution in [0.15, 0.2) is 24.3 Å². The van der Waals surface area contributed by atoms with Crippen LogP contribution in [-0.2, 0) is 66.6 Å². The number of esters is 4. The van der Waals surface area contributed by atoms with E-state index in [2.05, 4.69) is 0 Å². The van der Waals surface area contributed by atoms with E-state index in [1.165, 1.54) is 14.0 Å². The van der Waals surface area contributed by atoms with Crippen molar-refractivity contribution < 1.29 is 76.8 Å². The van der Waals surface area contributed by atoms with Crippen LogP contribution in [0.25, 0.3) is 0 Å². The molecular formula is C45H73NO16. The molecule has 0 radical (unpaired) electrons. The summed E-state index contributed by atoms with van der Waals surface area (Å²) in [7, 11) is 4.89. The van der Waals surface area contributed by atoms with Crippen LogP contribution in [0.4, 0.5) is 0 Å². The van der Waals surface area contributed by atoms with E-state index in [-0.39, 0.29) is 38.0 Å². The Morgan fingerprint density at radius 2 is 1.66 bits per heavy atom. The quantitative estimate of drug-likeness (QED) is 0.144. The zero-order chi connectivity index (χ0) is 46.5. The lowest BCUT2D eigenvalue weighted by Crippen LogP contribution is -2.66. The summed E-state index contributed by atoms with van der Waals surface area (Å²) in [5.74, 6) is -3.52. The Hall–Kier alpha value is -3.29. The van der Waals surface area contributed by atoms with Crippen LogP contribution >= 0.6 is 0 Å². The standard InChI is InChI=1S/C45H73NO16/c1-13-34(50)59-42-38(46(10)11)39(61-37-24-45(9,53)43(29(7)56-37)60-35(51)21-25(2)3)28(6)57-44(42)62-40-31(19-20-47)22-26(4)32(49)18-16-14-15-17-27(5)55-36(52)23-33(41(40)54-12)58-30(8)48/h14-16,18,20,25-29,31-33,37-44,49,53H,13,17,19,21-24H2,1-12H3/b15-14-,18-16-. The van der Waals surface area contributed by atoms with Crippen molar-refractivity contribution >= 4 is 30.2 Å². The fourth-order valence-corrected chi connectivity index (χ4v) is 8.41. The topological polar surface area (TPSA) is 212 Å². The summed E-state index contributed by atoms with van der Waals surface area (Å²) in [5.41, 5.74) is -1.53. The van der Waals surface area contributed by atoms with Crippen LogP contribution in [0.2, 0.25) is 0 Å². The smallest absolute Gasteiger partial charge is 0.309 e. The van der Waals surface area contributed by atoms with Gasteiger partial charge >= 0.3 is 23.9 Å². The number of hydrogen-bond acceptors (Lipinski definition) is 17. The van der Waals surface area contributed by atoms with Gasteiger partial charge in [0.15, 0.2) is 24.8 Å². The van der Waals surface area contributed by atoms with Gasteiger partial charge in [-0.1, -0.05) is 52.0 Å². The number of rotatable bonds is 14. The molecule has 0 aromatic rings. The zero-order valence-corrected chi connectivity index (χ0v) is 38.6. The Balaban J connectivity index is 2.10. The number of aliphatic hydroxyl groups excluding tert-OH is 1. The van der Waals surface area contributed by atoms with Crippen LogP contribution in [-0.4, -0.2) is 152 Å². The van der Waals surface area contributed by atoms with Crippen LogP contribution in [0.5, 0.6) is 0 Å². The maximum Gasteiger partial charge on any atom is 0.309 e. The summed E-state index contributed by atoms with van der Waals surface area (Å²) in [6, 6.07) is -0.777. The van der Waals surface area contributed by atoms with Crippen molar-refractivity contribution in [2.24, 2.45) is 17.8 Å². The van der Waals surface area contributed by atoms with Gasteiger partial charge in [-0.2, -0.15) is 0 Å². The van der Waals surface area contributed by atoms with Crippen molar-refractivity contribution in [2.75, 3.05) is 21.2 Å². The molecule has 0 saturated carbocycles. The molecular weight excluding hydrogens is 810 g/mol. The van der Waals surface area contributed by atoms with Crippen LogP contribution < -0.4 is 0 Å². The monoisotopic (exact) mass is 883 g/mol. The summed E-state index contributed by atoms with van der Waals surface area (Å²) >= 11 is 0. The molecule has 17 nitrogen and oxygen atoms in total. The van der Waals surface area contributed by atoms with Gasteiger partial charge in [-0.3, -0.25) is 19.2 Å². The summed E-state index contributed by atoms with van der Waals surface area (Å²) in [5, 5.41) is 22.8. The average Bonchev–Trinajstić information content (AvgIpc) is 3.15. The molecule has 16 unspecified atom stereocenters. The van der Waals surface area contributed by atoms with E-state index in [9.17, 15) is 34.2 Å². The molecule has 0 spiro atoms. The fraction of sp³-hybridized carbons (Fsp3) is 0.800. The highest BCUT2D eigenvalue weighted by molar-refractivity contribution is 5.72. The number of hydrogen-bond donors (Lipinski definition) is 2. The molecule has 0 bridgehead atoms. The molecule has 0 aromatic heterocycles. The minimum atomic E-state index is -1.53. The minimum absolute atomic E-state index is 0.00145. The number of methoxy groups -OCH3 is 1. The average molecular weight is 884 g/mol. The lowest BCUT2D eigenvalue weighted by molar-refractivity contribution is -0.345. The Kier molecular flexibility index (Phi) is 21.1. The molecule has 0 aromatic carbocycles. The van der Waals surface area contributed by atoms with E-state index in [0.717, 1.165) is 0 Å². The molecule has 0 aliphatic carbocycles. The van der Waals surface area contributed by atoms with Crippen LogP contribution in [0, 0.1) is 17.8 Å². The van der Waals surface area contributed by atoms with Gasteiger partial charge in [-0.15, -0.1) is 0 Å². The van der Waals surface area contributed by atoms with Crippen LogP contribution in [0.3, 0.4) is 0 Å². The first-order chi connectivity index (χ1) is 29.1. The molecule has 3 rings (SSSR count). The predicted octanol–water partition coefficient (Wildman–Crippen LogP) is 3.97. The molecule has 17 heteroatoms. The lowest BCUT2D eigenvalue weighted by atomic mass is 9.82. The maximum atomic E-state index is 13.4. The van der Waals surface area contributed by atoms with Gasteiger partial charge in [0, 0.05) is 46.1 Å². The van der Waals surface area contributed by atoms with Crippen molar-refractivity contribution in [1.29, 1.82) is 0 Å². The Morgan fingerprint density at radius 1 is 0.968 bits per heavy atom. The Bertz CT molecular complexity index is 1520. The summed E-state index contributed by atoms with van der Waals surface area (Å²) in [6.07, 6.45) is -4.36. The maximum absolute atomic E-state index is 13.4. The van der Waals surface area contributed by atoms with E-state index in [0.29, 0.717) is 12.7 Å². The fourth-order valence-electron chi connectivity index (χ4n) is 8.41. The second-order valence-corrected chi connectivity index (χ2v) is 17.8. The normalized spacial score (nSPS) is 38.7. The van der Waals surface area contributed by atoms with Crippen molar-refractivity contribution in [1.82, 2.24) is 4.90 Å². The summed E-state index contributed by atoms with van der Waals surface area (Å²) in [6.45, 7) is 15.1. The third-order valence-electron chi connectivity index (χ3n) is 11.4. The predicted molar refractivity (Wildman–Crippen MR) is 224 cm³/mol. The first kappa shape index (κ1) is 53.1. The number of allylic oxidation sites excluding steroid dienone is 2. The SMILES string of the molecule is CCC(=O)OC1C(OC2C(CC=O)CC(C)C(O)/C=C\C=C/CC(C)OC(=O)CC(OC(C)=O)C2OC)OC(C)C(OC2CC(C)(O)C(OC(=O)CC(C)C)C(C)O2)C1N(C)C. The number of aliphatic hydroxyl groups is 2. The van der Waals surface area contributed by atoms with E-state index in [1.54, 1.807) is 77.9 Å². The van der Waals surface area contributed by atoms with Crippen LogP contribution in [0.1, 0.15) is 107 Å². The van der Waals surface area contributed by atoms with E-state index >= 15 is 0 Å². The highest BCUT2D eigenvalue weighted by atomic mass is 16.7. The molecule has 3 aliphatic rings. The van der Waals surface area contributed by atoms with E-state index in [4.69, 9.17) is 42.6 Å². The molecule has 3 heterocycles. The lowest BCUT2D eigenvalue weighted by Gasteiger charge is -2.51. The third-order valence-corrected chi connectivity index (χ3v) is 11.4. The molecule has 62 heavy (non-hydrogen) atoms. The number of nitrogens with zero attached hydrogens (tertiary/aromatic N) is 1. The highest BCUT2D eigenvalue weighted by Crippen LogP contribution is 2.38. The molecule has 3 aliphatic heterocycles.